The van der Waals surface area contributed by atoms with Gasteiger partial charge in [0.05, 0.1) is 0 Å². The molecule has 58 valence electrons. The smallest absolute Gasteiger partial charge is 0.0329 e. The summed E-state index contributed by atoms with van der Waals surface area (Å²) in [4.78, 5) is 4.36. The van der Waals surface area contributed by atoms with Crippen LogP contribution in [0.1, 0.15) is 40.5 Å². The second-order valence-electron chi connectivity index (χ2n) is 2.53. The first-order valence-corrected chi connectivity index (χ1v) is 3.87. The van der Waals surface area contributed by atoms with Gasteiger partial charge in [0.25, 0.3) is 0 Å². The van der Waals surface area contributed by atoms with E-state index in [0.717, 1.165) is 12.1 Å². The van der Waals surface area contributed by atoms with Crippen molar-refractivity contribution < 1.29 is 0 Å². The van der Waals surface area contributed by atoms with Crippen molar-refractivity contribution in [3.63, 3.8) is 0 Å². The van der Waals surface area contributed by atoms with E-state index in [1.807, 2.05) is 19.9 Å². The van der Waals surface area contributed by atoms with Crippen molar-refractivity contribution in [3.8, 4) is 0 Å². The molecule has 0 aliphatic heterocycles. The van der Waals surface area contributed by atoms with Crippen LogP contribution in [-0.4, -0.2) is 5.71 Å². The number of nitrogens with zero attached hydrogens (tertiary/aromatic N) is 1. The molecule has 0 aromatic carbocycles. The molecule has 0 aromatic heterocycles. The number of rotatable bonds is 3. The Hall–Kier alpha value is -0.590. The standard InChI is InChI=1S/C9H17N/c1-5-7-9(4)10-8(3)6-2/h6H,5,7H2,1-4H3/b8-6-,10-9?. The van der Waals surface area contributed by atoms with Crippen LogP contribution >= 0.6 is 0 Å². The molecule has 0 amide bonds. The van der Waals surface area contributed by atoms with Gasteiger partial charge in [-0.3, -0.25) is 4.99 Å². The summed E-state index contributed by atoms with van der Waals surface area (Å²) in [6, 6.07) is 0. The molecule has 1 heteroatoms. The number of hydrogen-bond acceptors (Lipinski definition) is 1. The minimum absolute atomic E-state index is 1.12. The van der Waals surface area contributed by atoms with Crippen molar-refractivity contribution in [2.75, 3.05) is 0 Å². The van der Waals surface area contributed by atoms with Crippen molar-refractivity contribution in [3.05, 3.63) is 11.8 Å². The molecule has 0 heterocycles. The highest BCUT2D eigenvalue weighted by Gasteiger charge is 1.87. The molecule has 0 spiro atoms. The van der Waals surface area contributed by atoms with E-state index in [9.17, 15) is 0 Å². The zero-order chi connectivity index (χ0) is 7.98. The highest BCUT2D eigenvalue weighted by atomic mass is 14.7. The maximum absolute atomic E-state index is 4.36. The van der Waals surface area contributed by atoms with Crippen LogP contribution in [0, 0.1) is 0 Å². The van der Waals surface area contributed by atoms with Gasteiger partial charge in [-0.05, 0) is 27.2 Å². The average Bonchev–Trinajstić information content (AvgIpc) is 1.88. The van der Waals surface area contributed by atoms with Gasteiger partial charge in [0, 0.05) is 11.4 Å². The largest absolute Gasteiger partial charge is 0.263 e. The second kappa shape index (κ2) is 5.21. The molecule has 1 nitrogen and oxygen atoms in total. The van der Waals surface area contributed by atoms with Crippen LogP contribution in [0.3, 0.4) is 0 Å². The summed E-state index contributed by atoms with van der Waals surface area (Å²) in [5.41, 5.74) is 2.35. The number of aliphatic imine (C=N–C) groups is 1. The molecule has 0 saturated carbocycles. The van der Waals surface area contributed by atoms with Crippen molar-refractivity contribution in [1.82, 2.24) is 0 Å². The third kappa shape index (κ3) is 4.30. The molecule has 0 saturated heterocycles. The van der Waals surface area contributed by atoms with Crippen molar-refractivity contribution >= 4 is 5.71 Å². The molecule has 0 fully saturated rings. The zero-order valence-corrected chi connectivity index (χ0v) is 7.44. The molecular formula is C9H17N. The van der Waals surface area contributed by atoms with Crippen molar-refractivity contribution in [2.45, 2.75) is 40.5 Å². The maximum atomic E-state index is 4.36. The summed E-state index contributed by atoms with van der Waals surface area (Å²) >= 11 is 0. The molecular weight excluding hydrogens is 122 g/mol. The van der Waals surface area contributed by atoms with E-state index in [0.29, 0.717) is 0 Å². The maximum Gasteiger partial charge on any atom is 0.0329 e. The molecule has 0 bridgehead atoms. The Kier molecular flexibility index (Phi) is 4.91. The van der Waals surface area contributed by atoms with E-state index in [1.165, 1.54) is 12.1 Å². The van der Waals surface area contributed by atoms with Crippen LogP contribution in [0.2, 0.25) is 0 Å². The second-order valence-corrected chi connectivity index (χ2v) is 2.53. The zero-order valence-electron chi connectivity index (χ0n) is 7.44. The molecule has 0 atom stereocenters. The Morgan fingerprint density at radius 2 is 2.00 bits per heavy atom. The van der Waals surface area contributed by atoms with Gasteiger partial charge < -0.3 is 0 Å². The van der Waals surface area contributed by atoms with Gasteiger partial charge in [0.15, 0.2) is 0 Å². The fraction of sp³-hybridized carbons (Fsp3) is 0.667. The predicted molar refractivity (Wildman–Crippen MR) is 47.4 cm³/mol. The quantitative estimate of drug-likeness (QED) is 0.532. The lowest BCUT2D eigenvalue weighted by atomic mass is 10.2. The number of hydrogen-bond donors (Lipinski definition) is 0. The molecule has 10 heavy (non-hydrogen) atoms. The summed E-state index contributed by atoms with van der Waals surface area (Å²) in [6.45, 7) is 8.29. The predicted octanol–water partition coefficient (Wildman–Crippen LogP) is 3.17. The minimum Gasteiger partial charge on any atom is -0.263 e. The topological polar surface area (TPSA) is 12.4 Å². The lowest BCUT2D eigenvalue weighted by Crippen LogP contribution is -1.89. The van der Waals surface area contributed by atoms with Gasteiger partial charge in [-0.25, -0.2) is 0 Å². The minimum atomic E-state index is 1.12. The average molecular weight is 139 g/mol. The van der Waals surface area contributed by atoms with Crippen LogP contribution < -0.4 is 0 Å². The molecule has 0 aliphatic carbocycles. The fourth-order valence-corrected chi connectivity index (χ4v) is 0.783. The van der Waals surface area contributed by atoms with Crippen LogP contribution in [0.4, 0.5) is 0 Å². The summed E-state index contributed by atoms with van der Waals surface area (Å²) in [5, 5.41) is 0. The van der Waals surface area contributed by atoms with Crippen molar-refractivity contribution in [2.24, 2.45) is 4.99 Å². The van der Waals surface area contributed by atoms with E-state index in [1.54, 1.807) is 0 Å². The number of allylic oxidation sites excluding steroid dienone is 2. The van der Waals surface area contributed by atoms with E-state index >= 15 is 0 Å². The van der Waals surface area contributed by atoms with Gasteiger partial charge in [0.2, 0.25) is 0 Å². The van der Waals surface area contributed by atoms with Crippen LogP contribution in [0.15, 0.2) is 16.8 Å². The van der Waals surface area contributed by atoms with E-state index in [2.05, 4.69) is 18.8 Å². The fourth-order valence-electron chi connectivity index (χ4n) is 0.783. The van der Waals surface area contributed by atoms with Gasteiger partial charge in [0.1, 0.15) is 0 Å². The lowest BCUT2D eigenvalue weighted by molar-refractivity contribution is 0.983. The van der Waals surface area contributed by atoms with E-state index in [4.69, 9.17) is 0 Å². The van der Waals surface area contributed by atoms with E-state index < -0.39 is 0 Å². The van der Waals surface area contributed by atoms with Gasteiger partial charge in [-0.1, -0.05) is 19.4 Å². The Morgan fingerprint density at radius 1 is 1.40 bits per heavy atom. The molecule has 0 unspecified atom stereocenters. The molecule has 0 aliphatic rings. The van der Waals surface area contributed by atoms with Crippen LogP contribution in [0.25, 0.3) is 0 Å². The highest BCUT2D eigenvalue weighted by molar-refractivity contribution is 5.82. The molecule has 0 radical (unpaired) electrons. The van der Waals surface area contributed by atoms with Gasteiger partial charge in [-0.15, -0.1) is 0 Å². The van der Waals surface area contributed by atoms with Crippen LogP contribution in [-0.2, 0) is 0 Å². The first-order valence-electron chi connectivity index (χ1n) is 3.87. The Morgan fingerprint density at radius 3 is 2.40 bits per heavy atom. The molecule has 0 aromatic rings. The summed E-state index contributed by atoms with van der Waals surface area (Å²) in [6.07, 6.45) is 4.33. The Labute approximate surface area is 63.9 Å². The van der Waals surface area contributed by atoms with Crippen molar-refractivity contribution in [1.29, 1.82) is 0 Å². The third-order valence-electron chi connectivity index (χ3n) is 1.40. The Bertz CT molecular complexity index is 143. The SMILES string of the molecule is C/C=C(/C)N=C(C)CCC. The lowest BCUT2D eigenvalue weighted by Gasteiger charge is -1.96. The summed E-state index contributed by atoms with van der Waals surface area (Å²) < 4.78 is 0. The normalized spacial score (nSPS) is 14.0. The van der Waals surface area contributed by atoms with Gasteiger partial charge >= 0.3 is 0 Å². The first kappa shape index (κ1) is 9.41. The Balaban J connectivity index is 3.90. The molecule has 0 rings (SSSR count). The highest BCUT2D eigenvalue weighted by Crippen LogP contribution is 1.98. The van der Waals surface area contributed by atoms with E-state index in [-0.39, 0.29) is 0 Å². The third-order valence-corrected chi connectivity index (χ3v) is 1.40. The summed E-state index contributed by atoms with van der Waals surface area (Å²) in [7, 11) is 0. The van der Waals surface area contributed by atoms with Gasteiger partial charge in [-0.2, -0.15) is 0 Å². The first-order chi connectivity index (χ1) is 4.70. The monoisotopic (exact) mass is 139 g/mol. The summed E-state index contributed by atoms with van der Waals surface area (Å²) in [5.74, 6) is 0. The van der Waals surface area contributed by atoms with Crippen LogP contribution in [0.5, 0.6) is 0 Å². The molecule has 0 N–H and O–H groups in total.